The van der Waals surface area contributed by atoms with Crippen LogP contribution < -0.4 is 21.9 Å². The second kappa shape index (κ2) is 10.0. The molecule has 0 aliphatic carbocycles. The third kappa shape index (κ3) is 5.79. The van der Waals surface area contributed by atoms with Gasteiger partial charge in [0.2, 0.25) is 5.95 Å². The van der Waals surface area contributed by atoms with E-state index in [1.807, 2.05) is 0 Å². The molecule has 3 rings (SSSR count). The number of carbonyl (C=O) groups is 3. The van der Waals surface area contributed by atoms with Gasteiger partial charge in [-0.3, -0.25) is 14.4 Å². The fraction of sp³-hybridized carbons (Fsp3) is 0.211. The number of nitrogens with zero attached hydrogens (tertiary/aromatic N) is 4. The molecule has 14 heteroatoms. The van der Waals surface area contributed by atoms with Crippen molar-refractivity contribution in [2.75, 3.05) is 11.1 Å². The third-order valence-electron chi connectivity index (χ3n) is 4.48. The maximum Gasteiger partial charge on any atom is 0.326 e. The Bertz CT molecular complexity index is 1280. The van der Waals surface area contributed by atoms with Crippen molar-refractivity contribution < 1.29 is 24.6 Å². The summed E-state index contributed by atoms with van der Waals surface area (Å²) in [5, 5.41) is 23.2. The van der Waals surface area contributed by atoms with Crippen molar-refractivity contribution in [2.24, 2.45) is 0 Å². The van der Waals surface area contributed by atoms with Crippen LogP contribution in [0.5, 0.6) is 0 Å². The molecule has 1 atom stereocenters. The number of carbonyl (C=O) groups excluding carboxylic acids is 1. The molecule has 13 nitrogen and oxygen atoms in total. The second-order valence-electron chi connectivity index (χ2n) is 6.82. The predicted octanol–water partition coefficient (Wildman–Crippen LogP) is 0.587. The van der Waals surface area contributed by atoms with E-state index in [2.05, 4.69) is 41.7 Å². The zero-order valence-corrected chi connectivity index (χ0v) is 18.4. The van der Waals surface area contributed by atoms with Crippen LogP contribution in [0.1, 0.15) is 28.9 Å². The fourth-order valence-electron chi connectivity index (χ4n) is 2.78. The third-order valence-corrected chi connectivity index (χ3v) is 5.16. The maximum atomic E-state index is 12.3. The molecule has 33 heavy (non-hydrogen) atoms. The quantitative estimate of drug-likeness (QED) is 0.264. The monoisotopic (exact) mass is 519 g/mol. The average molecular weight is 520 g/mol. The van der Waals surface area contributed by atoms with Gasteiger partial charge < -0.3 is 26.6 Å². The van der Waals surface area contributed by atoms with Gasteiger partial charge in [-0.15, -0.1) is 0 Å². The van der Waals surface area contributed by atoms with Gasteiger partial charge in [-0.2, -0.15) is 4.98 Å². The van der Waals surface area contributed by atoms with Gasteiger partial charge in [-0.25, -0.2) is 18.4 Å². The largest absolute Gasteiger partial charge is 0.481 e. The van der Waals surface area contributed by atoms with Crippen LogP contribution in [0, 0.1) is 0 Å². The molecule has 0 saturated carbocycles. The van der Waals surface area contributed by atoms with Gasteiger partial charge in [0.05, 0.1) is 34.6 Å². The number of amides is 1. The zero-order chi connectivity index (χ0) is 24.1. The number of fused-ring (bicyclic) bond motifs is 1. The van der Waals surface area contributed by atoms with Crippen LogP contribution in [-0.2, 0) is 16.1 Å². The number of nitrogens with two attached hydrogens (primary N) is 1. The molecule has 0 bridgehead atoms. The van der Waals surface area contributed by atoms with Crippen molar-refractivity contribution in [1.29, 1.82) is 0 Å². The van der Waals surface area contributed by atoms with Gasteiger partial charge in [-0.1, -0.05) is 0 Å². The predicted molar refractivity (Wildman–Crippen MR) is 120 cm³/mol. The number of hydrogen-bond acceptors (Lipinski definition) is 9. The van der Waals surface area contributed by atoms with E-state index < -0.39 is 29.4 Å². The van der Waals surface area contributed by atoms with Crippen molar-refractivity contribution >= 4 is 56.8 Å². The lowest BCUT2D eigenvalue weighted by molar-refractivity contribution is -0.140. The van der Waals surface area contributed by atoms with Crippen LogP contribution in [0.4, 0.5) is 11.6 Å². The lowest BCUT2D eigenvalue weighted by atomic mass is 10.1. The van der Waals surface area contributed by atoms with Gasteiger partial charge in [-0.05, 0) is 30.7 Å². The highest BCUT2D eigenvalue weighted by Gasteiger charge is 2.21. The highest BCUT2D eigenvalue weighted by molar-refractivity contribution is 9.08. The topological polar surface area (TPSA) is 202 Å². The lowest BCUT2D eigenvalue weighted by Crippen LogP contribution is -2.41. The Morgan fingerprint density at radius 2 is 1.85 bits per heavy atom. The smallest absolute Gasteiger partial charge is 0.326 e. The number of rotatable bonds is 9. The first-order valence-corrected chi connectivity index (χ1v) is 10.2. The van der Waals surface area contributed by atoms with E-state index in [9.17, 15) is 19.2 Å². The molecule has 172 valence electrons. The van der Waals surface area contributed by atoms with E-state index in [0.717, 1.165) is 3.59 Å². The van der Waals surface area contributed by atoms with Gasteiger partial charge in [0.15, 0.2) is 11.2 Å². The summed E-state index contributed by atoms with van der Waals surface area (Å²) in [7, 11) is 0. The number of nitrogens with one attached hydrogen (secondary N) is 2. The summed E-state index contributed by atoms with van der Waals surface area (Å²) in [5.41, 5.74) is 6.57. The summed E-state index contributed by atoms with van der Waals surface area (Å²) in [4.78, 5) is 58.7. The van der Waals surface area contributed by atoms with Crippen molar-refractivity contribution in [3.05, 3.63) is 52.1 Å². The van der Waals surface area contributed by atoms with Crippen molar-refractivity contribution in [3.8, 4) is 0 Å². The molecule has 0 aliphatic heterocycles. The molecule has 1 aromatic carbocycles. The molecule has 2 heterocycles. The first-order chi connectivity index (χ1) is 15.7. The SMILES string of the molecule is Nc1nc2ncc(CNc3ccc(C(=O)N[C@@H](CCC(=O)O)C(=O)O)cc3)nc2c(=O)n1Br. The van der Waals surface area contributed by atoms with Crippen LogP contribution in [0.2, 0.25) is 0 Å². The van der Waals surface area contributed by atoms with Crippen molar-refractivity contribution in [1.82, 2.24) is 23.9 Å². The van der Waals surface area contributed by atoms with Gasteiger partial charge in [0, 0.05) is 17.7 Å². The number of carboxylic acids is 2. The van der Waals surface area contributed by atoms with Crippen molar-refractivity contribution in [3.63, 3.8) is 0 Å². The molecular weight excluding hydrogens is 502 g/mol. The molecule has 0 spiro atoms. The number of nitrogen functional groups attached to an aromatic ring is 1. The number of benzene rings is 1. The zero-order valence-electron chi connectivity index (χ0n) is 16.9. The van der Waals surface area contributed by atoms with E-state index in [1.165, 1.54) is 18.3 Å². The average Bonchev–Trinajstić information content (AvgIpc) is 2.79. The van der Waals surface area contributed by atoms with Crippen LogP contribution in [-0.4, -0.2) is 52.6 Å². The molecule has 1 amide bonds. The number of hydrogen-bond donors (Lipinski definition) is 5. The summed E-state index contributed by atoms with van der Waals surface area (Å²) >= 11 is 3.00. The maximum absolute atomic E-state index is 12.3. The van der Waals surface area contributed by atoms with E-state index in [0.29, 0.717) is 11.4 Å². The summed E-state index contributed by atoms with van der Waals surface area (Å²) in [6, 6.07) is 4.85. The number of aliphatic carboxylic acids is 2. The molecule has 2 aromatic heterocycles. The molecule has 6 N–H and O–H groups in total. The normalized spacial score (nSPS) is 11.7. The summed E-state index contributed by atoms with van der Waals surface area (Å²) in [5.74, 6) is -3.16. The fourth-order valence-corrected chi connectivity index (χ4v) is 3.03. The minimum atomic E-state index is -1.32. The molecule has 0 unspecified atom stereocenters. The Morgan fingerprint density at radius 3 is 2.48 bits per heavy atom. The first-order valence-electron chi connectivity index (χ1n) is 9.45. The van der Waals surface area contributed by atoms with E-state index in [4.69, 9.17) is 15.9 Å². The van der Waals surface area contributed by atoms with Gasteiger partial charge in [0.25, 0.3) is 11.5 Å². The number of halogens is 1. The first kappa shape index (κ1) is 23.6. The Hall–Kier alpha value is -4.07. The summed E-state index contributed by atoms with van der Waals surface area (Å²) in [6.45, 7) is 0.219. The molecule has 3 aromatic rings. The Kier molecular flexibility index (Phi) is 7.17. The van der Waals surface area contributed by atoms with E-state index in [1.54, 1.807) is 12.1 Å². The lowest BCUT2D eigenvalue weighted by Gasteiger charge is -2.14. The molecule has 0 radical (unpaired) electrons. The van der Waals surface area contributed by atoms with Crippen molar-refractivity contribution in [2.45, 2.75) is 25.4 Å². The Morgan fingerprint density at radius 1 is 1.15 bits per heavy atom. The number of aromatic nitrogens is 4. The van der Waals surface area contributed by atoms with E-state index in [-0.39, 0.29) is 42.1 Å². The minimum Gasteiger partial charge on any atom is -0.481 e. The Labute approximate surface area is 194 Å². The minimum absolute atomic E-state index is 0.0447. The van der Waals surface area contributed by atoms with Gasteiger partial charge >= 0.3 is 11.9 Å². The van der Waals surface area contributed by atoms with Gasteiger partial charge in [0.1, 0.15) is 6.04 Å². The molecule has 0 fully saturated rings. The number of carboxylic acid groups (broad SMARTS) is 2. The number of anilines is 2. The highest BCUT2D eigenvalue weighted by Crippen LogP contribution is 2.13. The van der Waals surface area contributed by atoms with Crippen LogP contribution >= 0.6 is 16.1 Å². The van der Waals surface area contributed by atoms with Crippen LogP contribution in [0.25, 0.3) is 11.2 Å². The highest BCUT2D eigenvalue weighted by atomic mass is 79.9. The summed E-state index contributed by atoms with van der Waals surface area (Å²) in [6.07, 6.45) is 0.834. The standard InChI is InChI=1S/C19H18BrN7O6/c20-27-17(31)14-15(26-19(27)21)23-8-11(24-14)7-22-10-3-1-9(2-4-10)16(30)25-12(18(32)33)5-6-13(28)29/h1-4,8,12,22H,5-7H2,(H,25,30)(H,28,29)(H,32,33)(H2,21,23,26)/t12-/m0/s1. The molecule has 0 aliphatic rings. The van der Waals surface area contributed by atoms with Crippen LogP contribution in [0.15, 0.2) is 35.3 Å². The molecular formula is C19H18BrN7O6. The molecule has 0 saturated heterocycles. The Balaban J connectivity index is 1.64. The van der Waals surface area contributed by atoms with E-state index >= 15 is 0 Å². The summed E-state index contributed by atoms with van der Waals surface area (Å²) < 4.78 is 0.988. The van der Waals surface area contributed by atoms with Crippen LogP contribution in [0.3, 0.4) is 0 Å². The second-order valence-corrected chi connectivity index (χ2v) is 7.53.